The predicted octanol–water partition coefficient (Wildman–Crippen LogP) is 4.87. The zero-order chi connectivity index (χ0) is 24.7. The molecule has 4 rings (SSSR count). The van der Waals surface area contributed by atoms with Crippen LogP contribution < -0.4 is 0 Å². The smallest absolute Gasteiger partial charge is 0.248 e. The van der Waals surface area contributed by atoms with Crippen molar-refractivity contribution < 1.29 is 22.0 Å². The van der Waals surface area contributed by atoms with Crippen LogP contribution in [0.1, 0.15) is 88.4 Å². The lowest BCUT2D eigenvalue weighted by Gasteiger charge is -2.37. The van der Waals surface area contributed by atoms with Crippen LogP contribution in [0.25, 0.3) is 0 Å². The number of carbonyl (C=O) groups excluding carboxylic acids is 1. The molecule has 190 valence electrons. The number of hydrogen-bond acceptors (Lipinski definition) is 4. The number of pyridine rings is 1. The van der Waals surface area contributed by atoms with Crippen LogP contribution in [0.4, 0.5) is 8.78 Å². The number of aromatic nitrogens is 1. The van der Waals surface area contributed by atoms with E-state index >= 15 is 0 Å². The summed E-state index contributed by atoms with van der Waals surface area (Å²) < 4.78 is 56.4. The summed E-state index contributed by atoms with van der Waals surface area (Å²) in [6.45, 7) is 4.32. The molecule has 1 aromatic rings. The van der Waals surface area contributed by atoms with E-state index in [1.54, 1.807) is 19.2 Å². The molecule has 0 spiro atoms. The molecular weight excluding hydrogens is 460 g/mol. The maximum Gasteiger partial charge on any atom is 0.248 e. The summed E-state index contributed by atoms with van der Waals surface area (Å²) in [7, 11) is -2.31. The lowest BCUT2D eigenvalue weighted by molar-refractivity contribution is -0.138. The monoisotopic (exact) mass is 497 g/mol. The van der Waals surface area contributed by atoms with Gasteiger partial charge in [0.25, 0.3) is 0 Å². The van der Waals surface area contributed by atoms with Gasteiger partial charge in [-0.1, -0.05) is 26.2 Å². The number of amides is 1. The highest BCUT2D eigenvalue weighted by Gasteiger charge is 2.45. The quantitative estimate of drug-likeness (QED) is 0.582. The standard InChI is InChI=1S/C25H37F2N3O3S/c1-17-7-4-5-8-20(17)23-22(11-10-18(2)28-23)34(32,33)30-16-6-9-21(30)24(31)29(3)19-12-14-25(26,27)15-13-19/h10-11,17,19-21H,4-9,12-16H2,1-3H3/t17-,20+,21+/m1/s1. The zero-order valence-electron chi connectivity index (χ0n) is 20.5. The molecule has 1 amide bonds. The Bertz CT molecular complexity index is 1010. The lowest BCUT2D eigenvalue weighted by atomic mass is 9.78. The Balaban J connectivity index is 1.59. The Labute approximate surface area is 202 Å². The molecule has 1 saturated heterocycles. The van der Waals surface area contributed by atoms with Crippen LogP contribution in [0.3, 0.4) is 0 Å². The normalized spacial score (nSPS) is 28.7. The maximum atomic E-state index is 13.9. The van der Waals surface area contributed by atoms with Crippen molar-refractivity contribution in [2.45, 2.75) is 107 Å². The van der Waals surface area contributed by atoms with Crippen molar-refractivity contribution in [3.63, 3.8) is 0 Å². The number of hydrogen-bond donors (Lipinski definition) is 0. The van der Waals surface area contributed by atoms with Crippen molar-refractivity contribution in [2.24, 2.45) is 5.92 Å². The molecular formula is C25H37F2N3O3S. The zero-order valence-corrected chi connectivity index (χ0v) is 21.3. The highest BCUT2D eigenvalue weighted by Crippen LogP contribution is 2.41. The highest BCUT2D eigenvalue weighted by molar-refractivity contribution is 7.89. The maximum absolute atomic E-state index is 13.9. The van der Waals surface area contributed by atoms with Crippen LogP contribution in [0.2, 0.25) is 0 Å². The largest absolute Gasteiger partial charge is 0.341 e. The van der Waals surface area contributed by atoms with Crippen LogP contribution >= 0.6 is 0 Å². The summed E-state index contributed by atoms with van der Waals surface area (Å²) in [5.41, 5.74) is 1.42. The van der Waals surface area contributed by atoms with Crippen molar-refractivity contribution in [2.75, 3.05) is 13.6 Å². The summed E-state index contributed by atoms with van der Waals surface area (Å²) in [6, 6.07) is 2.30. The minimum absolute atomic E-state index is 0.0850. The first-order valence-corrected chi connectivity index (χ1v) is 14.1. The second kappa shape index (κ2) is 9.80. The van der Waals surface area contributed by atoms with Gasteiger partial charge in [0, 0.05) is 44.1 Å². The van der Waals surface area contributed by atoms with Crippen LogP contribution in [0.15, 0.2) is 17.0 Å². The number of sulfonamides is 1. The van der Waals surface area contributed by atoms with Crippen LogP contribution in [-0.2, 0) is 14.8 Å². The molecule has 3 atom stereocenters. The molecule has 0 radical (unpaired) electrons. The molecule has 1 aliphatic heterocycles. The molecule has 3 aliphatic rings. The Hall–Kier alpha value is -1.61. The molecule has 2 heterocycles. The van der Waals surface area contributed by atoms with E-state index in [1.165, 1.54) is 9.21 Å². The van der Waals surface area contributed by atoms with Gasteiger partial charge >= 0.3 is 0 Å². The summed E-state index contributed by atoms with van der Waals surface area (Å²) in [6.07, 6.45) is 5.21. The number of rotatable bonds is 5. The fourth-order valence-corrected chi connectivity index (χ4v) is 7.85. The summed E-state index contributed by atoms with van der Waals surface area (Å²) in [4.78, 5) is 19.8. The van der Waals surface area contributed by atoms with Gasteiger partial charge in [0.15, 0.2) is 0 Å². The van der Waals surface area contributed by atoms with E-state index in [2.05, 4.69) is 6.92 Å². The van der Waals surface area contributed by atoms with Crippen molar-refractivity contribution in [3.05, 3.63) is 23.5 Å². The van der Waals surface area contributed by atoms with Gasteiger partial charge in [-0.25, -0.2) is 17.2 Å². The van der Waals surface area contributed by atoms with Crippen LogP contribution in [0.5, 0.6) is 0 Å². The third-order valence-corrected chi connectivity index (χ3v) is 10.1. The highest BCUT2D eigenvalue weighted by atomic mass is 32.2. The number of nitrogens with zero attached hydrogens (tertiary/aromatic N) is 3. The number of aryl methyl sites for hydroxylation is 1. The molecule has 0 aromatic carbocycles. The van der Waals surface area contributed by atoms with Gasteiger partial charge in [-0.15, -0.1) is 0 Å². The van der Waals surface area contributed by atoms with E-state index in [0.29, 0.717) is 24.5 Å². The number of likely N-dealkylation sites (N-methyl/N-ethyl adjacent to an activating group) is 1. The van der Waals surface area contributed by atoms with E-state index < -0.39 is 22.0 Å². The Morgan fingerprint density at radius 1 is 1.09 bits per heavy atom. The summed E-state index contributed by atoms with van der Waals surface area (Å²) in [5, 5.41) is 0. The minimum atomic E-state index is -3.93. The Morgan fingerprint density at radius 3 is 2.44 bits per heavy atom. The summed E-state index contributed by atoms with van der Waals surface area (Å²) in [5.74, 6) is -2.52. The fourth-order valence-electron chi connectivity index (χ4n) is 6.00. The SMILES string of the molecule is Cc1ccc(S(=O)(=O)N2CCC[C@H]2C(=O)N(C)C2CCC(F)(F)CC2)c([C@H]2CCCC[C@H]2C)n1. The first-order chi connectivity index (χ1) is 16.0. The average molecular weight is 498 g/mol. The molecule has 6 nitrogen and oxygen atoms in total. The Morgan fingerprint density at radius 2 is 1.76 bits per heavy atom. The van der Waals surface area contributed by atoms with E-state index in [1.807, 2.05) is 6.92 Å². The number of carbonyl (C=O) groups is 1. The van der Waals surface area contributed by atoms with E-state index in [9.17, 15) is 22.0 Å². The predicted molar refractivity (Wildman–Crippen MR) is 126 cm³/mol. The van der Waals surface area contributed by atoms with Gasteiger partial charge in [0.05, 0.1) is 5.69 Å². The molecule has 2 saturated carbocycles. The van der Waals surface area contributed by atoms with Gasteiger partial charge in [-0.2, -0.15) is 4.31 Å². The first-order valence-electron chi connectivity index (χ1n) is 12.6. The van der Waals surface area contributed by atoms with Gasteiger partial charge in [0.2, 0.25) is 21.9 Å². The molecule has 0 unspecified atom stereocenters. The van der Waals surface area contributed by atoms with Crippen molar-refractivity contribution >= 4 is 15.9 Å². The molecule has 9 heteroatoms. The molecule has 0 N–H and O–H groups in total. The van der Waals surface area contributed by atoms with Crippen molar-refractivity contribution in [1.29, 1.82) is 0 Å². The first kappa shape index (κ1) is 25.5. The van der Waals surface area contributed by atoms with Crippen molar-refractivity contribution in [1.82, 2.24) is 14.2 Å². The number of alkyl halides is 2. The number of halogens is 2. The molecule has 0 bridgehead atoms. The van der Waals surface area contributed by atoms with Gasteiger partial charge in [0.1, 0.15) is 10.9 Å². The Kier molecular flexibility index (Phi) is 7.34. The molecule has 34 heavy (non-hydrogen) atoms. The molecule has 3 fully saturated rings. The van der Waals surface area contributed by atoms with Gasteiger partial charge < -0.3 is 4.90 Å². The summed E-state index contributed by atoms with van der Waals surface area (Å²) >= 11 is 0. The van der Waals surface area contributed by atoms with Crippen LogP contribution in [0, 0.1) is 12.8 Å². The van der Waals surface area contributed by atoms with Gasteiger partial charge in [-0.05, 0) is 57.1 Å². The average Bonchev–Trinajstić information content (AvgIpc) is 3.29. The lowest BCUT2D eigenvalue weighted by Crippen LogP contribution is -2.50. The van der Waals surface area contributed by atoms with E-state index in [4.69, 9.17) is 4.98 Å². The van der Waals surface area contributed by atoms with E-state index in [0.717, 1.165) is 31.4 Å². The molecule has 2 aliphatic carbocycles. The third-order valence-electron chi connectivity index (χ3n) is 8.15. The second-order valence-corrected chi connectivity index (χ2v) is 12.4. The van der Waals surface area contributed by atoms with E-state index in [-0.39, 0.29) is 55.0 Å². The minimum Gasteiger partial charge on any atom is -0.341 e. The van der Waals surface area contributed by atoms with Crippen molar-refractivity contribution in [3.8, 4) is 0 Å². The van der Waals surface area contributed by atoms with Crippen LogP contribution in [-0.4, -0.2) is 60.1 Å². The topological polar surface area (TPSA) is 70.6 Å². The fraction of sp³-hybridized carbons (Fsp3) is 0.760. The molecule has 1 aromatic heterocycles. The second-order valence-electron chi connectivity index (χ2n) is 10.5. The van der Waals surface area contributed by atoms with Gasteiger partial charge in [-0.3, -0.25) is 9.78 Å². The third kappa shape index (κ3) is 5.01.